The molecule has 0 bridgehead atoms. The molecule has 1 nitrogen and oxygen atoms in total. The Kier molecular flexibility index (Phi) is 18.3. The van der Waals surface area contributed by atoms with E-state index in [1.54, 1.807) is 17.9 Å². The third kappa shape index (κ3) is 10.3. The summed E-state index contributed by atoms with van der Waals surface area (Å²) < 4.78 is 5.78. The molecule has 312 valence electrons. The fraction of sp³-hybridized carbons (Fsp3) is 0.351. The molecule has 0 fully saturated rings. The fourth-order valence-corrected chi connectivity index (χ4v) is 11.1. The van der Waals surface area contributed by atoms with Gasteiger partial charge < -0.3 is 19.1 Å². The molecular formula is C57H70OSiZr. The zero-order valence-electron chi connectivity index (χ0n) is 38.5. The van der Waals surface area contributed by atoms with Crippen LogP contribution < -0.4 is 9.92 Å². The quantitative estimate of drug-likeness (QED) is 0.0567. The molecule has 0 aliphatic heterocycles. The number of fused-ring (bicyclic) bond motifs is 2. The number of hydrogen-bond donors (Lipinski definition) is 0. The van der Waals surface area contributed by atoms with Crippen LogP contribution in [0.15, 0.2) is 115 Å². The third-order valence-electron chi connectivity index (χ3n) is 12.3. The smallest absolute Gasteiger partial charge is 0.496 e. The molecule has 0 aromatic heterocycles. The van der Waals surface area contributed by atoms with E-state index in [0.29, 0.717) is 11.8 Å². The molecule has 1 atom stereocenters. The van der Waals surface area contributed by atoms with Crippen LogP contribution in [0.25, 0.3) is 44.7 Å². The Morgan fingerprint density at radius 2 is 1.30 bits per heavy atom. The van der Waals surface area contributed by atoms with E-state index in [4.69, 9.17) is 11.7 Å². The first-order valence-electron chi connectivity index (χ1n) is 22.1. The van der Waals surface area contributed by atoms with Crippen molar-refractivity contribution in [1.82, 2.24) is 0 Å². The summed E-state index contributed by atoms with van der Waals surface area (Å²) >= 11 is 0. The Labute approximate surface area is 386 Å². The van der Waals surface area contributed by atoms with Crippen LogP contribution in [0.5, 0.6) is 5.75 Å². The molecule has 6 aromatic carbocycles. The summed E-state index contributed by atoms with van der Waals surface area (Å²) in [4.78, 5) is 0. The summed E-state index contributed by atoms with van der Waals surface area (Å²) in [6.07, 6.45) is 12.3. The van der Waals surface area contributed by atoms with E-state index in [9.17, 15) is 0 Å². The number of hydrogen-bond acceptors (Lipinski definition) is 1. The molecule has 7 rings (SSSR count). The molecule has 3 heteroatoms. The van der Waals surface area contributed by atoms with Crippen molar-refractivity contribution in [3.05, 3.63) is 163 Å². The van der Waals surface area contributed by atoms with Crippen molar-refractivity contribution in [2.45, 2.75) is 123 Å². The van der Waals surface area contributed by atoms with E-state index >= 15 is 0 Å². The van der Waals surface area contributed by atoms with Crippen LogP contribution in [-0.2, 0) is 38.0 Å². The van der Waals surface area contributed by atoms with Gasteiger partial charge in [-0.25, -0.2) is 0 Å². The van der Waals surface area contributed by atoms with Gasteiger partial charge in [0.2, 0.25) is 0 Å². The van der Waals surface area contributed by atoms with Gasteiger partial charge >= 0.3 is 26.2 Å². The van der Waals surface area contributed by atoms with Gasteiger partial charge in [0.05, 0.1) is 7.11 Å². The van der Waals surface area contributed by atoms with Crippen LogP contribution in [0.4, 0.5) is 0 Å². The first kappa shape index (κ1) is 49.0. The molecule has 60 heavy (non-hydrogen) atoms. The van der Waals surface area contributed by atoms with E-state index in [2.05, 4.69) is 176 Å². The van der Waals surface area contributed by atoms with Crippen LogP contribution in [-0.4, -0.2) is 15.9 Å². The molecule has 1 aliphatic rings. The van der Waals surface area contributed by atoms with E-state index in [1.165, 1.54) is 111 Å². The number of methoxy groups -OCH3 is 1. The summed E-state index contributed by atoms with van der Waals surface area (Å²) in [5.74, 6) is 1.88. The maximum absolute atomic E-state index is 5.78. The van der Waals surface area contributed by atoms with Gasteiger partial charge in [0, 0.05) is 14.4 Å². The molecular weight excluding hydrogens is 820 g/mol. The Balaban J connectivity index is 0.000000256. The normalized spacial score (nSPS) is 14.4. The molecule has 1 unspecified atom stereocenters. The van der Waals surface area contributed by atoms with Gasteiger partial charge in [0.1, 0.15) is 5.75 Å². The van der Waals surface area contributed by atoms with E-state index in [0.717, 1.165) is 12.2 Å². The second-order valence-corrected chi connectivity index (χ2v) is 19.8. The first-order valence-corrected chi connectivity index (χ1v) is 24.6. The van der Waals surface area contributed by atoms with E-state index in [1.807, 2.05) is 0 Å². The fourth-order valence-electron chi connectivity index (χ4n) is 9.54. The molecule has 1 aliphatic carbocycles. The number of unbranched alkanes of at least 4 members (excludes halogenated alkanes) is 4. The van der Waals surface area contributed by atoms with Crippen molar-refractivity contribution in [1.29, 1.82) is 0 Å². The number of rotatable bonds is 15. The second-order valence-electron chi connectivity index (χ2n) is 17.3. The van der Waals surface area contributed by atoms with Crippen LogP contribution in [0, 0.1) is 14.4 Å². The predicted octanol–water partition coefficient (Wildman–Crippen LogP) is 16.2. The van der Waals surface area contributed by atoms with Crippen molar-refractivity contribution in [3.8, 4) is 28.0 Å². The largest absolute Gasteiger partial charge is 3.00 e. The van der Waals surface area contributed by atoms with Gasteiger partial charge in [-0.3, -0.25) is 0 Å². The molecule has 0 amide bonds. The first-order chi connectivity index (χ1) is 28.0. The van der Waals surface area contributed by atoms with Crippen molar-refractivity contribution in [2.75, 3.05) is 7.11 Å². The molecule has 0 spiro atoms. The van der Waals surface area contributed by atoms with Crippen LogP contribution in [0.1, 0.15) is 132 Å². The summed E-state index contributed by atoms with van der Waals surface area (Å²) in [5.41, 5.74) is 14.9. The summed E-state index contributed by atoms with van der Waals surface area (Å²) in [6, 6.07) is 42.2. The van der Waals surface area contributed by atoms with Crippen LogP contribution in [0.3, 0.4) is 0 Å². The third-order valence-corrected chi connectivity index (χ3v) is 13.9. The van der Waals surface area contributed by atoms with Crippen molar-refractivity contribution < 1.29 is 30.9 Å². The Hall–Kier alpha value is -3.65. The molecule has 0 heterocycles. The second kappa shape index (κ2) is 22.4. The molecule has 0 saturated carbocycles. The zero-order valence-corrected chi connectivity index (χ0v) is 41.9. The summed E-state index contributed by atoms with van der Waals surface area (Å²) in [6.45, 7) is 23.4. The number of ether oxygens (including phenoxy) is 1. The number of aryl methyl sites for hydroxylation is 1. The number of benzene rings is 5. The maximum Gasteiger partial charge on any atom is 3.00 e. The van der Waals surface area contributed by atoms with Gasteiger partial charge in [0.15, 0.2) is 0 Å². The maximum atomic E-state index is 5.78. The molecule has 0 N–H and O–H groups in total. The van der Waals surface area contributed by atoms with Crippen LogP contribution in [0.2, 0.25) is 13.1 Å². The average Bonchev–Trinajstić information content (AvgIpc) is 3.76. The zero-order chi connectivity index (χ0) is 41.4. The minimum Gasteiger partial charge on any atom is -0.496 e. The monoisotopic (exact) mass is 888 g/mol. The predicted molar refractivity (Wildman–Crippen MR) is 264 cm³/mol. The van der Waals surface area contributed by atoms with Gasteiger partial charge in [-0.15, -0.1) is 39.1 Å². The minimum atomic E-state index is -0.530. The summed E-state index contributed by atoms with van der Waals surface area (Å²) in [5, 5.41) is 4.56. The van der Waals surface area contributed by atoms with E-state index < -0.39 is 8.80 Å². The van der Waals surface area contributed by atoms with Crippen molar-refractivity contribution in [3.63, 3.8) is 0 Å². The van der Waals surface area contributed by atoms with Gasteiger partial charge in [-0.1, -0.05) is 213 Å². The number of allylic oxidation sites excluding steroid dienone is 1. The van der Waals surface area contributed by atoms with Gasteiger partial charge in [-0.05, 0) is 57.7 Å². The molecule has 6 aromatic rings. The SMILES string of the molecule is CCCCc1cc2c(-c3ccc(OC)c(C(C)C)c3C(C)C)cccc2[c-]1[Si](C)C.[CH2-]C1(CCCCCC)C(c2ccccc2-c2ccccc2)=Cc2ccccc21.[CH3-].[Zr+3]. The molecule has 2 radical (unpaired) electrons. The van der Waals surface area contributed by atoms with Crippen molar-refractivity contribution >= 4 is 36.4 Å². The Morgan fingerprint density at radius 3 is 1.95 bits per heavy atom. The van der Waals surface area contributed by atoms with Crippen LogP contribution >= 0.6 is 0 Å². The summed E-state index contributed by atoms with van der Waals surface area (Å²) in [7, 11) is 1.26. The van der Waals surface area contributed by atoms with E-state index in [-0.39, 0.29) is 39.0 Å². The Morgan fingerprint density at radius 1 is 0.667 bits per heavy atom. The van der Waals surface area contributed by atoms with Gasteiger partial charge in [0.25, 0.3) is 0 Å². The standard InChI is InChI=1S/C28H38OSi.C28H29.CH3.Zr/c1-9-10-12-20-17-24-21(13-11-14-23(24)28(20)30(7)8)22-15-16-25(29-6)27(19(4)5)26(22)18(2)3;1-3-4-5-13-20-28(2)26-19-12-9-16-23(26)21-27(28)25-18-11-10-17-24(25)22-14-7-6-8-15-22;;/h11,13-19H,9-10,12H2,1-8H3;6-12,14-19,21H,2-5,13,20H2,1H3;1H3;/q3*-1;+3. The average molecular weight is 890 g/mol. The molecule has 0 saturated heterocycles. The van der Waals surface area contributed by atoms with Crippen molar-refractivity contribution in [2.24, 2.45) is 0 Å². The Bertz CT molecular complexity index is 2310. The topological polar surface area (TPSA) is 9.23 Å². The van der Waals surface area contributed by atoms with Gasteiger partial charge in [-0.2, -0.15) is 6.07 Å². The minimum absolute atomic E-state index is 0.